The number of benzene rings is 1. The van der Waals surface area contributed by atoms with Gasteiger partial charge in [-0.25, -0.2) is 8.78 Å². The molecule has 1 aromatic carbocycles. The van der Waals surface area contributed by atoms with Crippen LogP contribution in [0.25, 0.3) is 0 Å². The summed E-state index contributed by atoms with van der Waals surface area (Å²) in [7, 11) is 0. The molecule has 106 valence electrons. The molecule has 1 rings (SSSR count). The smallest absolute Gasteiger partial charge is 0.295 e. The van der Waals surface area contributed by atoms with Crippen LogP contribution in [0.5, 0.6) is 0 Å². The lowest BCUT2D eigenvalue weighted by Gasteiger charge is -2.25. The van der Waals surface area contributed by atoms with Gasteiger partial charge < -0.3 is 10.4 Å². The van der Waals surface area contributed by atoms with E-state index in [-0.39, 0.29) is 6.54 Å². The van der Waals surface area contributed by atoms with Gasteiger partial charge in [-0.05, 0) is 18.9 Å². The van der Waals surface area contributed by atoms with Gasteiger partial charge in [-0.2, -0.15) is 0 Å². The maximum absolute atomic E-state index is 13.6. The van der Waals surface area contributed by atoms with Gasteiger partial charge in [0.1, 0.15) is 0 Å². The number of hydrogen-bond acceptors (Lipinski definition) is 4. The monoisotopic (exact) mass is 274 g/mol. The van der Waals surface area contributed by atoms with Crippen LogP contribution in [-0.4, -0.2) is 22.2 Å². The van der Waals surface area contributed by atoms with Gasteiger partial charge in [0, 0.05) is 12.6 Å². The normalized spacial score (nSPS) is 11.4. The molecule has 0 radical (unpaired) electrons. The lowest BCUT2D eigenvalue weighted by Crippen LogP contribution is -2.35. The van der Waals surface area contributed by atoms with Crippen LogP contribution in [0.2, 0.25) is 0 Å². The lowest BCUT2D eigenvalue weighted by molar-refractivity contribution is -0.384. The van der Waals surface area contributed by atoms with E-state index in [9.17, 15) is 24.0 Å². The second kappa shape index (κ2) is 5.92. The second-order valence-electron chi connectivity index (χ2n) is 4.30. The van der Waals surface area contributed by atoms with E-state index in [2.05, 4.69) is 5.32 Å². The summed E-state index contributed by atoms with van der Waals surface area (Å²) >= 11 is 0. The Hall–Kier alpha value is -1.76. The summed E-state index contributed by atoms with van der Waals surface area (Å²) in [4.78, 5) is 9.96. The third kappa shape index (κ3) is 3.37. The van der Waals surface area contributed by atoms with E-state index in [0.717, 1.165) is 6.07 Å². The molecule has 0 heterocycles. The predicted octanol–water partition coefficient (Wildman–Crippen LogP) is 2.84. The van der Waals surface area contributed by atoms with E-state index in [0.29, 0.717) is 18.9 Å². The zero-order valence-corrected chi connectivity index (χ0v) is 10.7. The molecule has 0 aliphatic rings. The van der Waals surface area contributed by atoms with Crippen LogP contribution >= 0.6 is 0 Å². The molecule has 0 atom stereocenters. The molecule has 5 nitrogen and oxygen atoms in total. The molecule has 0 aromatic heterocycles. The lowest BCUT2D eigenvalue weighted by atomic mass is 9.97. The Labute approximate surface area is 109 Å². The first-order valence-corrected chi connectivity index (χ1v) is 5.93. The maximum Gasteiger partial charge on any atom is 0.295 e. The van der Waals surface area contributed by atoms with Crippen LogP contribution < -0.4 is 5.32 Å². The molecule has 0 bridgehead atoms. The molecular formula is C12H16F2N2O3. The zero-order valence-electron chi connectivity index (χ0n) is 10.7. The average Bonchev–Trinajstić information content (AvgIpc) is 2.39. The summed E-state index contributed by atoms with van der Waals surface area (Å²) in [5.74, 6) is -2.49. The second-order valence-corrected chi connectivity index (χ2v) is 4.30. The number of nitro groups is 1. The summed E-state index contributed by atoms with van der Waals surface area (Å²) in [6, 6.07) is 1.59. The Morgan fingerprint density at radius 3 is 2.42 bits per heavy atom. The minimum absolute atomic E-state index is 0.0960. The van der Waals surface area contributed by atoms with Crippen molar-refractivity contribution >= 4 is 11.4 Å². The minimum atomic E-state index is -1.32. The number of nitrogens with one attached hydrogen (secondary N) is 1. The van der Waals surface area contributed by atoms with Gasteiger partial charge in [-0.3, -0.25) is 10.1 Å². The van der Waals surface area contributed by atoms with E-state index in [4.69, 9.17) is 0 Å². The number of nitro benzene ring substituents is 1. The largest absolute Gasteiger partial charge is 0.388 e. The molecule has 19 heavy (non-hydrogen) atoms. The maximum atomic E-state index is 13.6. The first-order valence-electron chi connectivity index (χ1n) is 5.93. The Bertz CT molecular complexity index is 476. The number of anilines is 1. The predicted molar refractivity (Wildman–Crippen MR) is 67.0 cm³/mol. The fraction of sp³-hybridized carbons (Fsp3) is 0.500. The van der Waals surface area contributed by atoms with E-state index in [1.165, 1.54) is 0 Å². The SMILES string of the molecule is CCC(O)(CC)CNc1c([N+](=O)[O-])ccc(F)c1F. The van der Waals surface area contributed by atoms with Gasteiger partial charge >= 0.3 is 0 Å². The summed E-state index contributed by atoms with van der Waals surface area (Å²) in [5.41, 5.74) is -2.22. The Balaban J connectivity index is 3.06. The van der Waals surface area contributed by atoms with Gasteiger partial charge in [-0.15, -0.1) is 0 Å². The van der Waals surface area contributed by atoms with Crippen molar-refractivity contribution in [3.05, 3.63) is 33.9 Å². The van der Waals surface area contributed by atoms with Crippen LogP contribution in [0.4, 0.5) is 20.2 Å². The van der Waals surface area contributed by atoms with E-state index in [1.54, 1.807) is 13.8 Å². The minimum Gasteiger partial charge on any atom is -0.388 e. The van der Waals surface area contributed by atoms with Gasteiger partial charge in [-0.1, -0.05) is 13.8 Å². The van der Waals surface area contributed by atoms with E-state index < -0.39 is 33.5 Å². The molecule has 0 fully saturated rings. The average molecular weight is 274 g/mol. The fourth-order valence-electron chi connectivity index (χ4n) is 1.61. The molecule has 0 saturated heterocycles. The van der Waals surface area contributed by atoms with Crippen molar-refractivity contribution in [2.75, 3.05) is 11.9 Å². The van der Waals surface area contributed by atoms with Crippen molar-refractivity contribution in [2.24, 2.45) is 0 Å². The van der Waals surface area contributed by atoms with E-state index >= 15 is 0 Å². The Morgan fingerprint density at radius 1 is 1.37 bits per heavy atom. The van der Waals surface area contributed by atoms with Crippen molar-refractivity contribution in [1.82, 2.24) is 0 Å². The molecule has 0 aliphatic carbocycles. The van der Waals surface area contributed by atoms with Crippen LogP contribution in [0.3, 0.4) is 0 Å². The molecule has 0 saturated carbocycles. The van der Waals surface area contributed by atoms with E-state index in [1.807, 2.05) is 0 Å². The Morgan fingerprint density at radius 2 is 1.95 bits per heavy atom. The molecule has 0 aliphatic heterocycles. The number of nitrogens with zero attached hydrogens (tertiary/aromatic N) is 1. The molecule has 7 heteroatoms. The van der Waals surface area contributed by atoms with Crippen molar-refractivity contribution in [2.45, 2.75) is 32.3 Å². The molecular weight excluding hydrogens is 258 g/mol. The Kier molecular flexibility index (Phi) is 4.77. The number of halogens is 2. The third-order valence-electron chi connectivity index (χ3n) is 3.18. The number of aliphatic hydroxyl groups is 1. The highest BCUT2D eigenvalue weighted by atomic mass is 19.2. The third-order valence-corrected chi connectivity index (χ3v) is 3.18. The summed E-state index contributed by atoms with van der Waals surface area (Å²) in [5, 5.41) is 23.2. The van der Waals surface area contributed by atoms with Gasteiger partial charge in [0.2, 0.25) is 0 Å². The summed E-state index contributed by atoms with van der Waals surface area (Å²) in [6.07, 6.45) is 0.780. The molecule has 1 aromatic rings. The highest BCUT2D eigenvalue weighted by Crippen LogP contribution is 2.30. The molecule has 0 unspecified atom stereocenters. The van der Waals surface area contributed by atoms with Crippen molar-refractivity contribution in [3.8, 4) is 0 Å². The summed E-state index contributed by atoms with van der Waals surface area (Å²) < 4.78 is 26.7. The fourth-order valence-corrected chi connectivity index (χ4v) is 1.61. The van der Waals surface area contributed by atoms with Crippen molar-refractivity contribution < 1.29 is 18.8 Å². The summed E-state index contributed by atoms with van der Waals surface area (Å²) in [6.45, 7) is 3.38. The topological polar surface area (TPSA) is 75.4 Å². The quantitative estimate of drug-likeness (QED) is 0.618. The number of hydrogen-bond donors (Lipinski definition) is 2. The molecule has 0 spiro atoms. The van der Waals surface area contributed by atoms with Crippen molar-refractivity contribution in [1.29, 1.82) is 0 Å². The van der Waals surface area contributed by atoms with Crippen LogP contribution in [0.1, 0.15) is 26.7 Å². The van der Waals surface area contributed by atoms with Gasteiger partial charge in [0.25, 0.3) is 5.69 Å². The van der Waals surface area contributed by atoms with Gasteiger partial charge in [0.15, 0.2) is 17.3 Å². The standard InChI is InChI=1S/C12H16F2N2O3/c1-3-12(17,4-2)7-15-11-9(16(18)19)6-5-8(13)10(11)14/h5-6,15,17H,3-4,7H2,1-2H3. The van der Waals surface area contributed by atoms with Gasteiger partial charge in [0.05, 0.1) is 10.5 Å². The van der Waals surface area contributed by atoms with Crippen LogP contribution in [-0.2, 0) is 0 Å². The molecule has 0 amide bonds. The first-order chi connectivity index (χ1) is 8.84. The van der Waals surface area contributed by atoms with Crippen LogP contribution in [0, 0.1) is 21.7 Å². The number of rotatable bonds is 6. The highest BCUT2D eigenvalue weighted by Gasteiger charge is 2.26. The highest BCUT2D eigenvalue weighted by molar-refractivity contribution is 5.62. The molecule has 2 N–H and O–H groups in total. The van der Waals surface area contributed by atoms with Crippen molar-refractivity contribution in [3.63, 3.8) is 0 Å². The zero-order chi connectivity index (χ0) is 14.6. The van der Waals surface area contributed by atoms with Crippen LogP contribution in [0.15, 0.2) is 12.1 Å². The first kappa shape index (κ1) is 15.3.